The highest BCUT2D eigenvalue weighted by Crippen LogP contribution is 2.52. The van der Waals surface area contributed by atoms with Crippen molar-refractivity contribution in [2.24, 2.45) is 0 Å². The molecule has 0 bridgehead atoms. The van der Waals surface area contributed by atoms with Gasteiger partial charge in [-0.2, -0.15) is 0 Å². The van der Waals surface area contributed by atoms with Gasteiger partial charge in [0.05, 0.1) is 6.10 Å². The molecule has 1 fully saturated rings. The largest absolute Gasteiger partial charge is 0.468 e. The zero-order chi connectivity index (χ0) is 32.0. The van der Waals surface area contributed by atoms with Crippen LogP contribution >= 0.6 is 0 Å². The summed E-state index contributed by atoms with van der Waals surface area (Å²) in [4.78, 5) is 0. The Labute approximate surface area is 272 Å². The van der Waals surface area contributed by atoms with Crippen LogP contribution in [0.15, 0.2) is 164 Å². The summed E-state index contributed by atoms with van der Waals surface area (Å²) in [5.74, 6) is -0.614. The van der Waals surface area contributed by atoms with Crippen molar-refractivity contribution in [3.8, 4) is 0 Å². The molecule has 6 rings (SSSR count). The first-order valence-electron chi connectivity index (χ1n) is 15.6. The Morgan fingerprint density at radius 3 is 1.17 bits per heavy atom. The predicted molar refractivity (Wildman–Crippen MR) is 182 cm³/mol. The maximum Gasteiger partial charge on any atom is 0.468 e. The molecule has 6 heteroatoms. The van der Waals surface area contributed by atoms with Crippen LogP contribution in [0.1, 0.15) is 33.9 Å². The Balaban J connectivity index is 1.61. The number of hydrogen-bond donors (Lipinski definition) is 1. The highest BCUT2D eigenvalue weighted by molar-refractivity contribution is 6.48. The molecular weight excluding hydrogens is 571 g/mol. The van der Waals surface area contributed by atoms with Gasteiger partial charge in [0.2, 0.25) is 0 Å². The van der Waals surface area contributed by atoms with E-state index in [-0.39, 0.29) is 0 Å². The van der Waals surface area contributed by atoms with Crippen molar-refractivity contribution in [3.05, 3.63) is 192 Å². The minimum absolute atomic E-state index is 0.614. The average molecular weight is 611 g/mol. The van der Waals surface area contributed by atoms with Gasteiger partial charge in [0, 0.05) is 20.0 Å². The molecule has 0 aliphatic carbocycles. The van der Waals surface area contributed by atoms with Gasteiger partial charge in [0.25, 0.3) is 0 Å². The topological polar surface area (TPSA) is 57.2 Å². The molecule has 1 heterocycles. The van der Waals surface area contributed by atoms with Crippen molar-refractivity contribution < 1.29 is 23.9 Å². The molecule has 5 nitrogen and oxygen atoms in total. The molecule has 0 unspecified atom stereocenters. The van der Waals surface area contributed by atoms with Gasteiger partial charge in [-0.05, 0) is 27.8 Å². The summed E-state index contributed by atoms with van der Waals surface area (Å²) in [5.41, 5.74) is 2.05. The number of benzene rings is 5. The average Bonchev–Trinajstić information content (AvgIpc) is 3.57. The van der Waals surface area contributed by atoms with Crippen LogP contribution < -0.4 is 0 Å². The molecule has 5 aromatic carbocycles. The first-order chi connectivity index (χ1) is 22.6. The third kappa shape index (κ3) is 5.53. The monoisotopic (exact) mass is 610 g/mol. The second kappa shape index (κ2) is 14.0. The van der Waals surface area contributed by atoms with E-state index in [0.29, 0.717) is 0 Å². The molecule has 0 radical (unpaired) electrons. The van der Waals surface area contributed by atoms with Crippen molar-refractivity contribution in [1.29, 1.82) is 0 Å². The highest BCUT2D eigenvalue weighted by atomic mass is 16.7. The van der Waals surface area contributed by atoms with Gasteiger partial charge in [-0.25, -0.2) is 0 Å². The van der Waals surface area contributed by atoms with Crippen molar-refractivity contribution in [2.75, 3.05) is 14.2 Å². The molecule has 0 aromatic heterocycles. The molecule has 0 amide bonds. The second-order valence-corrected chi connectivity index (χ2v) is 11.5. The standard InChI is InChI=1S/C40H39BO5/c1-4-35(36(42)30-20-10-5-11-21-30)41-45-37(39(43-2,31-22-12-6-13-23-31)32-24-14-7-15-25-32)38(46-41)40(44-3,33-26-16-8-17-27-33)34-28-18-9-19-29-34/h4-29,35-38,42H,1H2,2-3H3/t35-,36-,37-,38-/m1/s1. The van der Waals surface area contributed by atoms with E-state index in [9.17, 15) is 5.11 Å². The van der Waals surface area contributed by atoms with Gasteiger partial charge in [-0.15, -0.1) is 6.58 Å². The van der Waals surface area contributed by atoms with Crippen LogP contribution in [0.2, 0.25) is 5.82 Å². The zero-order valence-corrected chi connectivity index (χ0v) is 26.2. The summed E-state index contributed by atoms with van der Waals surface area (Å²) in [5, 5.41) is 11.7. The predicted octanol–water partition coefficient (Wildman–Crippen LogP) is 7.73. The maximum atomic E-state index is 11.7. The SMILES string of the molecule is C=C[C@@H](B1O[C@@H](C(OC)(c2ccccc2)c2ccccc2)[C@H](C(OC)(c2ccccc2)c2ccccc2)O1)[C@H](O)c1ccccc1. The first kappa shape index (κ1) is 31.7. The van der Waals surface area contributed by atoms with Gasteiger partial charge < -0.3 is 23.9 Å². The summed E-state index contributed by atoms with van der Waals surface area (Å²) >= 11 is 0. The molecule has 5 aromatic rings. The number of aliphatic hydroxyl groups is 1. The van der Waals surface area contributed by atoms with E-state index in [1.165, 1.54) is 0 Å². The summed E-state index contributed by atoms with van der Waals surface area (Å²) in [6.45, 7) is 4.12. The van der Waals surface area contributed by atoms with Crippen LogP contribution in [0.5, 0.6) is 0 Å². The Bertz CT molecular complexity index is 1490. The molecule has 1 N–H and O–H groups in total. The molecule has 232 valence electrons. The third-order valence-corrected chi connectivity index (χ3v) is 9.18. The summed E-state index contributed by atoms with van der Waals surface area (Å²) in [6.07, 6.45) is -0.754. The normalized spacial score (nSPS) is 18.2. The van der Waals surface area contributed by atoms with Crippen LogP contribution in [-0.2, 0) is 30.0 Å². The maximum absolute atomic E-state index is 11.7. The number of rotatable bonds is 12. The van der Waals surface area contributed by atoms with Gasteiger partial charge in [-0.1, -0.05) is 158 Å². The second-order valence-electron chi connectivity index (χ2n) is 11.5. The number of aliphatic hydroxyl groups excluding tert-OH is 1. The van der Waals surface area contributed by atoms with Gasteiger partial charge in [-0.3, -0.25) is 0 Å². The van der Waals surface area contributed by atoms with E-state index in [2.05, 4.69) is 6.58 Å². The van der Waals surface area contributed by atoms with Crippen LogP contribution in [-0.4, -0.2) is 38.7 Å². The van der Waals surface area contributed by atoms with Gasteiger partial charge in [0.1, 0.15) is 23.4 Å². The molecule has 1 aliphatic rings. The minimum Gasteiger partial charge on any atom is -0.401 e. The van der Waals surface area contributed by atoms with Crippen molar-refractivity contribution in [2.45, 2.75) is 35.3 Å². The number of hydrogen-bond acceptors (Lipinski definition) is 5. The van der Waals surface area contributed by atoms with Crippen LogP contribution in [0.4, 0.5) is 0 Å². The van der Waals surface area contributed by atoms with Crippen LogP contribution in [0.3, 0.4) is 0 Å². The van der Waals surface area contributed by atoms with E-state index >= 15 is 0 Å². The summed E-state index contributed by atoms with van der Waals surface area (Å²) < 4.78 is 27.6. The molecule has 0 saturated carbocycles. The van der Waals surface area contributed by atoms with E-state index in [0.717, 1.165) is 27.8 Å². The Kier molecular flexibility index (Phi) is 9.64. The molecule has 1 aliphatic heterocycles. The fourth-order valence-electron chi connectivity index (χ4n) is 6.96. The summed E-state index contributed by atoms with van der Waals surface area (Å²) in [7, 11) is 2.51. The van der Waals surface area contributed by atoms with E-state index in [4.69, 9.17) is 18.8 Å². The highest BCUT2D eigenvalue weighted by Gasteiger charge is 2.63. The van der Waals surface area contributed by atoms with Crippen LogP contribution in [0, 0.1) is 0 Å². The Hall–Kier alpha value is -4.30. The lowest BCUT2D eigenvalue weighted by Crippen LogP contribution is -2.56. The fourth-order valence-corrected chi connectivity index (χ4v) is 6.96. The van der Waals surface area contributed by atoms with E-state index < -0.39 is 42.4 Å². The lowest BCUT2D eigenvalue weighted by molar-refractivity contribution is -0.136. The van der Waals surface area contributed by atoms with E-state index in [1.54, 1.807) is 20.3 Å². The lowest BCUT2D eigenvalue weighted by Gasteiger charge is -2.47. The van der Waals surface area contributed by atoms with Crippen molar-refractivity contribution in [1.82, 2.24) is 0 Å². The minimum atomic E-state index is -1.14. The smallest absolute Gasteiger partial charge is 0.401 e. The number of methoxy groups -OCH3 is 2. The van der Waals surface area contributed by atoms with E-state index in [1.807, 2.05) is 152 Å². The molecule has 4 atom stereocenters. The molecule has 1 saturated heterocycles. The third-order valence-electron chi connectivity index (χ3n) is 9.18. The quantitative estimate of drug-likeness (QED) is 0.116. The Morgan fingerprint density at radius 1 is 0.587 bits per heavy atom. The zero-order valence-electron chi connectivity index (χ0n) is 26.2. The van der Waals surface area contributed by atoms with Crippen molar-refractivity contribution in [3.63, 3.8) is 0 Å². The van der Waals surface area contributed by atoms with Gasteiger partial charge >= 0.3 is 7.12 Å². The molecule has 46 heavy (non-hydrogen) atoms. The lowest BCUT2D eigenvalue weighted by atomic mass is 9.67. The van der Waals surface area contributed by atoms with Crippen molar-refractivity contribution >= 4 is 7.12 Å². The number of ether oxygens (including phenoxy) is 2. The first-order valence-corrected chi connectivity index (χ1v) is 15.6. The Morgan fingerprint density at radius 2 is 0.891 bits per heavy atom. The van der Waals surface area contributed by atoms with Crippen LogP contribution in [0.25, 0.3) is 0 Å². The summed E-state index contributed by atoms with van der Waals surface area (Å²) in [6, 6.07) is 49.8. The fraction of sp³-hybridized carbons (Fsp3) is 0.200. The molecule has 0 spiro atoms. The van der Waals surface area contributed by atoms with Gasteiger partial charge in [0.15, 0.2) is 0 Å². The molecular formula is C40H39BO5.